The zero-order chi connectivity index (χ0) is 27.0. The SMILES string of the molecule is CC1CN(C(=O)Nc2ccc(F)cc2C(F)(F)F)CCN1c1nnc(-c2ccc(F)cc2)c2ccccc12.Cl. The molecule has 2 amide bonds. The number of hydrogen-bond donors (Lipinski definition) is 1. The number of aromatic nitrogens is 2. The number of anilines is 2. The molecule has 0 bridgehead atoms. The summed E-state index contributed by atoms with van der Waals surface area (Å²) in [4.78, 5) is 16.2. The Morgan fingerprint density at radius 1 is 0.923 bits per heavy atom. The highest BCUT2D eigenvalue weighted by Crippen LogP contribution is 2.36. The fourth-order valence-corrected chi connectivity index (χ4v) is 4.63. The highest BCUT2D eigenvalue weighted by molar-refractivity contribution is 6.00. The van der Waals surface area contributed by atoms with Crippen molar-refractivity contribution in [2.24, 2.45) is 0 Å². The van der Waals surface area contributed by atoms with E-state index in [0.717, 1.165) is 28.5 Å². The standard InChI is InChI=1S/C27H22F5N5O.ClH/c1-16-15-36(26(38)33-23-11-10-19(29)14-22(23)27(30,31)32)12-13-37(16)25-21-5-3-2-4-20(21)24(34-35-25)17-6-8-18(28)9-7-17;/h2-11,14,16H,12-13,15H2,1H3,(H,33,38);1H. The van der Waals surface area contributed by atoms with Gasteiger partial charge in [0, 0.05) is 42.0 Å². The number of nitrogens with zero attached hydrogens (tertiary/aromatic N) is 4. The summed E-state index contributed by atoms with van der Waals surface area (Å²) in [5.41, 5.74) is -0.433. The summed E-state index contributed by atoms with van der Waals surface area (Å²) in [6.45, 7) is 2.67. The molecule has 0 aliphatic carbocycles. The van der Waals surface area contributed by atoms with Crippen molar-refractivity contribution in [3.05, 3.63) is 83.9 Å². The van der Waals surface area contributed by atoms with Crippen molar-refractivity contribution in [1.29, 1.82) is 0 Å². The summed E-state index contributed by atoms with van der Waals surface area (Å²) < 4.78 is 66.9. The second-order valence-corrected chi connectivity index (χ2v) is 9.03. The van der Waals surface area contributed by atoms with E-state index in [1.165, 1.54) is 17.0 Å². The van der Waals surface area contributed by atoms with E-state index in [4.69, 9.17) is 0 Å². The number of carbonyl (C=O) groups is 1. The van der Waals surface area contributed by atoms with Crippen molar-refractivity contribution in [2.45, 2.75) is 19.1 Å². The summed E-state index contributed by atoms with van der Waals surface area (Å²) in [5, 5.41) is 12.8. The number of piperazine rings is 1. The number of urea groups is 1. The smallest absolute Gasteiger partial charge is 0.348 e. The van der Waals surface area contributed by atoms with Crippen LogP contribution in [0.25, 0.3) is 22.0 Å². The molecule has 1 aromatic heterocycles. The van der Waals surface area contributed by atoms with Gasteiger partial charge in [0.15, 0.2) is 5.82 Å². The molecule has 39 heavy (non-hydrogen) atoms. The number of alkyl halides is 3. The molecule has 2 heterocycles. The Labute approximate surface area is 226 Å². The molecule has 6 nitrogen and oxygen atoms in total. The molecule has 4 aromatic rings. The predicted molar refractivity (Wildman–Crippen MR) is 141 cm³/mol. The molecule has 3 aromatic carbocycles. The van der Waals surface area contributed by atoms with E-state index >= 15 is 0 Å². The lowest BCUT2D eigenvalue weighted by atomic mass is 10.0. The molecule has 204 valence electrons. The average Bonchev–Trinajstić information content (AvgIpc) is 2.89. The highest BCUT2D eigenvalue weighted by atomic mass is 35.5. The number of nitrogens with one attached hydrogen (secondary N) is 1. The van der Waals surface area contributed by atoms with Crippen LogP contribution in [-0.2, 0) is 6.18 Å². The first-order chi connectivity index (χ1) is 18.1. The quantitative estimate of drug-likeness (QED) is 0.280. The number of rotatable bonds is 3. The number of amides is 2. The topological polar surface area (TPSA) is 61.4 Å². The van der Waals surface area contributed by atoms with Crippen molar-refractivity contribution >= 4 is 40.7 Å². The molecule has 5 rings (SSSR count). The molecule has 0 radical (unpaired) electrons. The van der Waals surface area contributed by atoms with E-state index < -0.39 is 29.3 Å². The maximum absolute atomic E-state index is 13.4. The zero-order valence-corrected chi connectivity index (χ0v) is 21.4. The Bertz CT molecular complexity index is 1500. The predicted octanol–water partition coefficient (Wildman–Crippen LogP) is 6.76. The van der Waals surface area contributed by atoms with Gasteiger partial charge in [-0.05, 0) is 49.4 Å². The van der Waals surface area contributed by atoms with Crippen LogP contribution in [-0.4, -0.2) is 46.8 Å². The van der Waals surface area contributed by atoms with E-state index in [2.05, 4.69) is 15.5 Å². The maximum Gasteiger partial charge on any atom is 0.418 e. The van der Waals surface area contributed by atoms with Crippen LogP contribution in [0.4, 0.5) is 38.3 Å². The molecular formula is C27H23ClF5N5O. The molecule has 1 aliphatic rings. The average molecular weight is 564 g/mol. The molecule has 1 N–H and O–H groups in total. The first-order valence-electron chi connectivity index (χ1n) is 11.8. The first-order valence-corrected chi connectivity index (χ1v) is 11.8. The number of hydrogen-bond acceptors (Lipinski definition) is 4. The zero-order valence-electron chi connectivity index (χ0n) is 20.5. The van der Waals surface area contributed by atoms with Crippen molar-refractivity contribution in [3.8, 4) is 11.3 Å². The molecule has 0 spiro atoms. The summed E-state index contributed by atoms with van der Waals surface area (Å²) in [6.07, 6.45) is -4.82. The highest BCUT2D eigenvalue weighted by Gasteiger charge is 2.35. The minimum atomic E-state index is -4.82. The van der Waals surface area contributed by atoms with E-state index in [1.54, 1.807) is 12.1 Å². The van der Waals surface area contributed by atoms with Gasteiger partial charge in [-0.2, -0.15) is 13.2 Å². The van der Waals surface area contributed by atoms with Crippen LogP contribution in [0.5, 0.6) is 0 Å². The van der Waals surface area contributed by atoms with Crippen LogP contribution in [0, 0.1) is 11.6 Å². The Morgan fingerprint density at radius 2 is 1.59 bits per heavy atom. The third-order valence-electron chi connectivity index (χ3n) is 6.50. The monoisotopic (exact) mass is 563 g/mol. The van der Waals surface area contributed by atoms with E-state index in [1.807, 2.05) is 36.1 Å². The Kier molecular flexibility index (Phi) is 7.91. The van der Waals surface area contributed by atoms with Gasteiger partial charge < -0.3 is 15.1 Å². The normalized spacial score (nSPS) is 15.7. The second kappa shape index (κ2) is 11.0. The fourth-order valence-electron chi connectivity index (χ4n) is 4.63. The van der Waals surface area contributed by atoms with Gasteiger partial charge in [-0.15, -0.1) is 22.6 Å². The number of benzene rings is 3. The van der Waals surface area contributed by atoms with Gasteiger partial charge in [-0.1, -0.05) is 24.3 Å². The third kappa shape index (κ3) is 5.73. The minimum Gasteiger partial charge on any atom is -0.348 e. The van der Waals surface area contributed by atoms with Crippen LogP contribution in [0.2, 0.25) is 0 Å². The first kappa shape index (κ1) is 28.0. The van der Waals surface area contributed by atoms with E-state index in [9.17, 15) is 26.7 Å². The molecule has 12 heteroatoms. The number of halogens is 6. The molecule has 1 fully saturated rings. The van der Waals surface area contributed by atoms with Crippen LogP contribution >= 0.6 is 12.4 Å². The van der Waals surface area contributed by atoms with Gasteiger partial charge in [0.05, 0.1) is 11.3 Å². The molecular weight excluding hydrogens is 541 g/mol. The molecule has 1 unspecified atom stereocenters. The maximum atomic E-state index is 13.4. The van der Waals surface area contributed by atoms with Crippen LogP contribution < -0.4 is 10.2 Å². The van der Waals surface area contributed by atoms with E-state index in [-0.39, 0.29) is 37.4 Å². The van der Waals surface area contributed by atoms with Crippen LogP contribution in [0.1, 0.15) is 12.5 Å². The van der Waals surface area contributed by atoms with Gasteiger partial charge in [0.1, 0.15) is 17.3 Å². The number of fused-ring (bicyclic) bond motifs is 1. The van der Waals surface area contributed by atoms with Gasteiger partial charge in [-0.3, -0.25) is 0 Å². The van der Waals surface area contributed by atoms with Crippen LogP contribution in [0.15, 0.2) is 66.7 Å². The largest absolute Gasteiger partial charge is 0.418 e. The number of carbonyl (C=O) groups excluding carboxylic acids is 1. The molecule has 1 saturated heterocycles. The molecule has 1 atom stereocenters. The lowest BCUT2D eigenvalue weighted by molar-refractivity contribution is -0.137. The van der Waals surface area contributed by atoms with Crippen molar-refractivity contribution in [3.63, 3.8) is 0 Å². The second-order valence-electron chi connectivity index (χ2n) is 9.03. The summed E-state index contributed by atoms with van der Waals surface area (Å²) in [5.74, 6) is -0.791. The van der Waals surface area contributed by atoms with E-state index in [0.29, 0.717) is 24.1 Å². The molecule has 1 aliphatic heterocycles. The van der Waals surface area contributed by atoms with Gasteiger partial charge in [-0.25, -0.2) is 13.6 Å². The summed E-state index contributed by atoms with van der Waals surface area (Å²) >= 11 is 0. The Balaban J connectivity index is 0.00000353. The van der Waals surface area contributed by atoms with Gasteiger partial charge >= 0.3 is 12.2 Å². The lowest BCUT2D eigenvalue weighted by Gasteiger charge is -2.40. The van der Waals surface area contributed by atoms with Crippen molar-refractivity contribution in [2.75, 3.05) is 29.9 Å². The van der Waals surface area contributed by atoms with Gasteiger partial charge in [0.2, 0.25) is 0 Å². The third-order valence-corrected chi connectivity index (χ3v) is 6.50. The van der Waals surface area contributed by atoms with Gasteiger partial charge in [0.25, 0.3) is 0 Å². The minimum absolute atomic E-state index is 0. The summed E-state index contributed by atoms with van der Waals surface area (Å²) in [6, 6.07) is 14.7. The van der Waals surface area contributed by atoms with Crippen molar-refractivity contribution in [1.82, 2.24) is 15.1 Å². The Hall–Kier alpha value is -3.99. The summed E-state index contributed by atoms with van der Waals surface area (Å²) in [7, 11) is 0. The lowest BCUT2D eigenvalue weighted by Crippen LogP contribution is -2.55. The fraction of sp³-hybridized carbons (Fsp3) is 0.222. The Morgan fingerprint density at radius 3 is 2.26 bits per heavy atom. The van der Waals surface area contributed by atoms with Crippen molar-refractivity contribution < 1.29 is 26.7 Å². The van der Waals surface area contributed by atoms with Crippen LogP contribution in [0.3, 0.4) is 0 Å². The molecule has 0 saturated carbocycles.